The Morgan fingerprint density at radius 1 is 0.442 bits per heavy atom. The minimum Gasteiger partial charge on any atom is -0.329 e. The molecule has 2 unspecified atom stereocenters. The number of nitrogens with zero attached hydrogens (tertiary/aromatic N) is 4. The van der Waals surface area contributed by atoms with Crippen LogP contribution in [-0.2, 0) is 0 Å². The van der Waals surface area contributed by atoms with Gasteiger partial charge in [0.15, 0.2) is 0 Å². The molecule has 0 aliphatic rings. The molecule has 0 saturated heterocycles. The van der Waals surface area contributed by atoms with E-state index in [9.17, 15) is 0 Å². The van der Waals surface area contributed by atoms with Crippen LogP contribution in [0.25, 0.3) is 0 Å². The number of hydrogen-bond acceptors (Lipinski definition) is 13. The summed E-state index contributed by atoms with van der Waals surface area (Å²) >= 11 is 0. The first-order valence-electron chi connectivity index (χ1n) is 17.0. The third-order valence-corrected chi connectivity index (χ3v) is 8.27. The summed E-state index contributed by atoms with van der Waals surface area (Å²) in [5.41, 5.74) is 35.7. The monoisotopic (exact) mass is 618 g/mol. The van der Waals surface area contributed by atoms with E-state index >= 15 is 0 Å². The molecule has 260 valence electrons. The largest absolute Gasteiger partial charge is 0.329 e. The molecule has 15 N–H and O–H groups in total. The second-order valence-electron chi connectivity index (χ2n) is 12.6. The summed E-state index contributed by atoms with van der Waals surface area (Å²) in [5, 5.41) is 10.7. The molecule has 0 spiro atoms. The van der Waals surface area contributed by atoms with Gasteiger partial charge in [0.1, 0.15) is 0 Å². The fraction of sp³-hybridized carbons (Fsp3) is 1.00. The zero-order chi connectivity index (χ0) is 32.4. The Morgan fingerprint density at radius 2 is 0.814 bits per heavy atom. The standard InChI is InChI=1S/C30H75N13/c1-5-29(3,35)27-39-15-21-42(25-23-40(16-8-32)17-9-33)26-24-41(19-12-37-11-7-31)20-13-38-14-22-43(18-10-34)28-30(4,36)6-2/h37-39H,5-28,31-36H2,1-4H3. The van der Waals surface area contributed by atoms with E-state index in [1.165, 1.54) is 0 Å². The summed E-state index contributed by atoms with van der Waals surface area (Å²) in [6.07, 6.45) is 1.90. The van der Waals surface area contributed by atoms with E-state index in [1.807, 2.05) is 0 Å². The lowest BCUT2D eigenvalue weighted by atomic mass is 10.00. The molecule has 13 heteroatoms. The second kappa shape index (κ2) is 26.7. The lowest BCUT2D eigenvalue weighted by Crippen LogP contribution is -2.50. The highest BCUT2D eigenvalue weighted by atomic mass is 15.2. The van der Waals surface area contributed by atoms with Crippen LogP contribution in [0.1, 0.15) is 40.5 Å². The van der Waals surface area contributed by atoms with Crippen molar-refractivity contribution < 1.29 is 0 Å². The molecule has 0 bridgehead atoms. The van der Waals surface area contributed by atoms with E-state index in [0.717, 1.165) is 131 Å². The Bertz CT molecular complexity index is 603. The highest BCUT2D eigenvalue weighted by molar-refractivity contribution is 4.82. The molecular weight excluding hydrogens is 542 g/mol. The number of nitrogens with two attached hydrogens (primary N) is 6. The number of rotatable bonds is 32. The molecule has 0 aromatic carbocycles. The van der Waals surface area contributed by atoms with Gasteiger partial charge in [-0.25, -0.2) is 0 Å². The Morgan fingerprint density at radius 3 is 1.26 bits per heavy atom. The average Bonchev–Trinajstić information content (AvgIpc) is 2.97. The fourth-order valence-corrected chi connectivity index (χ4v) is 4.81. The molecule has 0 amide bonds. The molecule has 0 rings (SSSR count). The Balaban J connectivity index is 5.03. The van der Waals surface area contributed by atoms with Gasteiger partial charge in [-0.15, -0.1) is 0 Å². The summed E-state index contributed by atoms with van der Waals surface area (Å²) in [6, 6.07) is 0. The first-order valence-corrected chi connectivity index (χ1v) is 17.0. The van der Waals surface area contributed by atoms with E-state index in [0.29, 0.717) is 26.2 Å². The lowest BCUT2D eigenvalue weighted by molar-refractivity contribution is 0.176. The van der Waals surface area contributed by atoms with E-state index in [1.54, 1.807) is 0 Å². The van der Waals surface area contributed by atoms with Crippen molar-refractivity contribution in [3.8, 4) is 0 Å². The van der Waals surface area contributed by atoms with Crippen molar-refractivity contribution in [2.24, 2.45) is 34.4 Å². The van der Waals surface area contributed by atoms with Gasteiger partial charge >= 0.3 is 0 Å². The topological polar surface area (TPSA) is 205 Å². The van der Waals surface area contributed by atoms with Crippen LogP contribution in [0.15, 0.2) is 0 Å². The molecule has 0 aromatic rings. The average molecular weight is 618 g/mol. The molecule has 0 heterocycles. The third kappa shape index (κ3) is 24.4. The molecule has 0 aromatic heterocycles. The predicted octanol–water partition coefficient (Wildman–Crippen LogP) is -2.95. The van der Waals surface area contributed by atoms with Crippen LogP contribution in [0.3, 0.4) is 0 Å². The van der Waals surface area contributed by atoms with Crippen LogP contribution in [0, 0.1) is 0 Å². The number of hydrogen-bond donors (Lipinski definition) is 9. The molecular formula is C30H75N13. The van der Waals surface area contributed by atoms with Crippen molar-refractivity contribution in [2.75, 3.05) is 144 Å². The van der Waals surface area contributed by atoms with Crippen LogP contribution in [0.2, 0.25) is 0 Å². The van der Waals surface area contributed by atoms with Gasteiger partial charge in [-0.3, -0.25) is 19.6 Å². The van der Waals surface area contributed by atoms with Crippen molar-refractivity contribution in [2.45, 2.75) is 51.6 Å². The molecule has 0 saturated carbocycles. The minimum atomic E-state index is -0.185. The van der Waals surface area contributed by atoms with Crippen LogP contribution in [-0.4, -0.2) is 175 Å². The Labute approximate surface area is 265 Å². The van der Waals surface area contributed by atoms with Crippen LogP contribution in [0.5, 0.6) is 0 Å². The van der Waals surface area contributed by atoms with Crippen molar-refractivity contribution in [3.63, 3.8) is 0 Å². The molecule has 2 atom stereocenters. The van der Waals surface area contributed by atoms with Crippen molar-refractivity contribution in [3.05, 3.63) is 0 Å². The maximum Gasteiger partial charge on any atom is 0.0252 e. The van der Waals surface area contributed by atoms with E-state index in [4.69, 9.17) is 34.4 Å². The summed E-state index contributed by atoms with van der Waals surface area (Å²) in [5.74, 6) is 0. The number of nitrogens with one attached hydrogen (secondary N) is 3. The van der Waals surface area contributed by atoms with E-state index < -0.39 is 0 Å². The van der Waals surface area contributed by atoms with Crippen LogP contribution < -0.4 is 50.4 Å². The summed E-state index contributed by atoms with van der Waals surface area (Å²) < 4.78 is 0. The Kier molecular flexibility index (Phi) is 26.4. The summed E-state index contributed by atoms with van der Waals surface area (Å²) in [4.78, 5) is 9.86. The van der Waals surface area contributed by atoms with Gasteiger partial charge in [-0.2, -0.15) is 0 Å². The first kappa shape index (κ1) is 42.5. The quantitative estimate of drug-likeness (QED) is 0.0347. The van der Waals surface area contributed by atoms with Gasteiger partial charge in [0.2, 0.25) is 0 Å². The lowest BCUT2D eigenvalue weighted by Gasteiger charge is -2.32. The molecule has 0 aliphatic heterocycles. The molecule has 0 fully saturated rings. The highest BCUT2D eigenvalue weighted by Gasteiger charge is 2.20. The fourth-order valence-electron chi connectivity index (χ4n) is 4.81. The zero-order valence-electron chi connectivity index (χ0n) is 28.7. The normalized spacial score (nSPS) is 15.2. The molecule has 0 aliphatic carbocycles. The van der Waals surface area contributed by atoms with Gasteiger partial charge in [0.05, 0.1) is 0 Å². The molecule has 13 nitrogen and oxygen atoms in total. The van der Waals surface area contributed by atoms with Crippen molar-refractivity contribution >= 4 is 0 Å². The minimum absolute atomic E-state index is 0.175. The SMILES string of the molecule is CCC(C)(N)CNCCN(CCN(CCN)CCN)CCN(CCNCCN)CCNCCN(CCN)CC(C)(N)CC. The van der Waals surface area contributed by atoms with E-state index in [2.05, 4.69) is 63.2 Å². The molecule has 0 radical (unpaired) electrons. The summed E-state index contributed by atoms with van der Waals surface area (Å²) in [7, 11) is 0. The van der Waals surface area contributed by atoms with Crippen molar-refractivity contribution in [1.82, 2.24) is 35.6 Å². The van der Waals surface area contributed by atoms with Crippen LogP contribution in [0.4, 0.5) is 0 Å². The highest BCUT2D eigenvalue weighted by Crippen LogP contribution is 2.07. The van der Waals surface area contributed by atoms with Gasteiger partial charge in [-0.1, -0.05) is 13.8 Å². The second-order valence-corrected chi connectivity index (χ2v) is 12.6. The third-order valence-electron chi connectivity index (χ3n) is 8.27. The van der Waals surface area contributed by atoms with Gasteiger partial charge in [-0.05, 0) is 26.7 Å². The first-order chi connectivity index (χ1) is 20.6. The molecule has 43 heavy (non-hydrogen) atoms. The zero-order valence-corrected chi connectivity index (χ0v) is 28.7. The predicted molar refractivity (Wildman–Crippen MR) is 186 cm³/mol. The van der Waals surface area contributed by atoms with Gasteiger partial charge in [0.25, 0.3) is 0 Å². The smallest absolute Gasteiger partial charge is 0.0252 e. The maximum absolute atomic E-state index is 6.42. The maximum atomic E-state index is 6.42. The van der Waals surface area contributed by atoms with Crippen molar-refractivity contribution in [1.29, 1.82) is 0 Å². The van der Waals surface area contributed by atoms with E-state index in [-0.39, 0.29) is 11.1 Å². The van der Waals surface area contributed by atoms with Gasteiger partial charge < -0.3 is 50.4 Å². The van der Waals surface area contributed by atoms with Gasteiger partial charge in [0, 0.05) is 155 Å². The summed E-state index contributed by atoms with van der Waals surface area (Å²) in [6.45, 7) is 27.9. The van der Waals surface area contributed by atoms with Crippen LogP contribution >= 0.6 is 0 Å². The Hall–Kier alpha value is -0.520.